The van der Waals surface area contributed by atoms with Crippen molar-refractivity contribution >= 4 is 39.1 Å². The summed E-state index contributed by atoms with van der Waals surface area (Å²) in [6.07, 6.45) is 3.48. The first-order valence-corrected chi connectivity index (χ1v) is 11.8. The first-order chi connectivity index (χ1) is 16.4. The van der Waals surface area contributed by atoms with Crippen LogP contribution in [0.4, 0.5) is 4.39 Å². The maximum Gasteiger partial charge on any atom is 0.262 e. The van der Waals surface area contributed by atoms with Gasteiger partial charge >= 0.3 is 0 Å². The molecule has 1 N–H and O–H groups in total. The molecule has 5 rings (SSSR count). The van der Waals surface area contributed by atoms with Gasteiger partial charge in [-0.2, -0.15) is 5.10 Å². The first kappa shape index (κ1) is 22.3. The lowest BCUT2D eigenvalue weighted by Gasteiger charge is -2.19. The highest BCUT2D eigenvalue weighted by Gasteiger charge is 2.24. The Morgan fingerprint density at radius 1 is 1.18 bits per heavy atom. The van der Waals surface area contributed by atoms with Crippen LogP contribution in [-0.2, 0) is 13.6 Å². The number of nitrogens with one attached hydrogen (secondary N) is 1. The van der Waals surface area contributed by atoms with Gasteiger partial charge in [-0.05, 0) is 48.4 Å². The van der Waals surface area contributed by atoms with Crippen LogP contribution in [0.25, 0.3) is 10.2 Å². The Morgan fingerprint density at radius 2 is 1.91 bits per heavy atom. The molecule has 1 amide bonds. The van der Waals surface area contributed by atoms with Gasteiger partial charge in [0.2, 0.25) is 0 Å². The average Bonchev–Trinajstić information content (AvgIpc) is 3.52. The van der Waals surface area contributed by atoms with E-state index in [2.05, 4.69) is 15.4 Å². The van der Waals surface area contributed by atoms with Gasteiger partial charge in [-0.3, -0.25) is 9.48 Å². The third-order valence-corrected chi connectivity index (χ3v) is 7.07. The zero-order valence-corrected chi connectivity index (χ0v) is 20.1. The number of hydrogen-bond donors (Lipinski definition) is 1. The van der Waals surface area contributed by atoms with Gasteiger partial charge < -0.3 is 9.88 Å². The van der Waals surface area contributed by atoms with Crippen molar-refractivity contribution in [2.24, 2.45) is 7.05 Å². The number of aryl methyl sites for hydroxylation is 2. The number of imidazole rings is 1. The monoisotopic (exact) mass is 493 g/mol. The molecule has 34 heavy (non-hydrogen) atoms. The van der Waals surface area contributed by atoms with Crippen molar-refractivity contribution in [1.29, 1.82) is 0 Å². The molecular weight excluding hydrogens is 473 g/mol. The number of halogens is 2. The van der Waals surface area contributed by atoms with E-state index >= 15 is 0 Å². The third-order valence-electron chi connectivity index (χ3n) is 5.67. The molecule has 1 unspecified atom stereocenters. The van der Waals surface area contributed by atoms with Crippen molar-refractivity contribution in [3.8, 4) is 0 Å². The summed E-state index contributed by atoms with van der Waals surface area (Å²) in [5.41, 5.74) is 2.67. The van der Waals surface area contributed by atoms with Crippen molar-refractivity contribution in [2.45, 2.75) is 19.5 Å². The number of carbonyl (C=O) groups is 1. The van der Waals surface area contributed by atoms with Crippen molar-refractivity contribution in [3.05, 3.63) is 105 Å². The molecule has 5 aromatic rings. The molecule has 0 aliphatic heterocycles. The topological polar surface area (TPSA) is 64.7 Å². The largest absolute Gasteiger partial charge is 0.337 e. The van der Waals surface area contributed by atoms with E-state index in [1.807, 2.05) is 59.7 Å². The fourth-order valence-electron chi connectivity index (χ4n) is 3.90. The van der Waals surface area contributed by atoms with Gasteiger partial charge in [-0.25, -0.2) is 9.37 Å². The zero-order valence-electron chi connectivity index (χ0n) is 18.5. The fraction of sp³-hybridized carbons (Fsp3) is 0.160. The van der Waals surface area contributed by atoms with Gasteiger partial charge in [-0.1, -0.05) is 35.9 Å². The summed E-state index contributed by atoms with van der Waals surface area (Å²) in [6, 6.07) is 15.1. The molecule has 0 saturated heterocycles. The van der Waals surface area contributed by atoms with Crippen LogP contribution in [0, 0.1) is 12.7 Å². The number of carbonyl (C=O) groups excluding carboxylic acids is 1. The number of thiophene rings is 1. The van der Waals surface area contributed by atoms with Crippen LogP contribution in [-0.4, -0.2) is 25.2 Å². The van der Waals surface area contributed by atoms with Gasteiger partial charge in [0, 0.05) is 29.9 Å². The molecule has 9 heteroatoms. The summed E-state index contributed by atoms with van der Waals surface area (Å²) in [5, 5.41) is 9.36. The standard InChI is InChI=1S/C25H21ClFN5OS/c1-15-20-13-21(34-25(20)32(30-15)14-16-3-7-18(26)8-4-16)24(33)29-22(23-28-11-12-31(23)2)17-5-9-19(27)10-6-17/h3-13,22H,14H2,1-2H3,(H,29,33). The molecule has 0 bridgehead atoms. The van der Waals surface area contributed by atoms with Crippen molar-refractivity contribution < 1.29 is 9.18 Å². The summed E-state index contributed by atoms with van der Waals surface area (Å²) in [7, 11) is 1.86. The lowest BCUT2D eigenvalue weighted by molar-refractivity contribution is 0.0945. The van der Waals surface area contributed by atoms with Gasteiger partial charge in [0.1, 0.15) is 22.5 Å². The van der Waals surface area contributed by atoms with E-state index in [1.54, 1.807) is 18.3 Å². The van der Waals surface area contributed by atoms with E-state index in [1.165, 1.54) is 23.5 Å². The Morgan fingerprint density at radius 3 is 2.59 bits per heavy atom. The lowest BCUT2D eigenvalue weighted by atomic mass is 10.1. The number of amides is 1. The Hall–Kier alpha value is -3.49. The zero-order chi connectivity index (χ0) is 23.8. The van der Waals surface area contributed by atoms with Gasteiger partial charge in [0.25, 0.3) is 5.91 Å². The molecule has 0 aliphatic rings. The predicted octanol–water partition coefficient (Wildman–Crippen LogP) is 5.50. The maximum atomic E-state index is 13.5. The van der Waals surface area contributed by atoms with E-state index in [0.29, 0.717) is 22.3 Å². The lowest BCUT2D eigenvalue weighted by Crippen LogP contribution is -2.30. The van der Waals surface area contributed by atoms with Crippen molar-refractivity contribution in [2.75, 3.05) is 0 Å². The van der Waals surface area contributed by atoms with Crippen molar-refractivity contribution in [1.82, 2.24) is 24.6 Å². The van der Waals surface area contributed by atoms with Crippen LogP contribution in [0.2, 0.25) is 5.02 Å². The van der Waals surface area contributed by atoms with Crippen LogP contribution in [0.15, 0.2) is 67.0 Å². The highest BCUT2D eigenvalue weighted by Crippen LogP contribution is 2.30. The SMILES string of the molecule is Cc1nn(Cc2ccc(Cl)cc2)c2sc(C(=O)NC(c3ccc(F)cc3)c3nccn3C)cc12. The fourth-order valence-corrected chi connectivity index (χ4v) is 5.09. The third kappa shape index (κ3) is 4.34. The number of fused-ring (bicyclic) bond motifs is 1. The molecule has 0 aliphatic carbocycles. The number of nitrogens with zero attached hydrogens (tertiary/aromatic N) is 4. The van der Waals surface area contributed by atoms with Crippen LogP contribution < -0.4 is 5.32 Å². The molecular formula is C25H21ClFN5OS. The highest BCUT2D eigenvalue weighted by atomic mass is 35.5. The summed E-state index contributed by atoms with van der Waals surface area (Å²) in [4.78, 5) is 19.2. The maximum absolute atomic E-state index is 13.5. The van der Waals surface area contributed by atoms with Crippen LogP contribution in [0.3, 0.4) is 0 Å². The second kappa shape index (κ2) is 9.04. The second-order valence-electron chi connectivity index (χ2n) is 8.05. The van der Waals surface area contributed by atoms with E-state index in [9.17, 15) is 9.18 Å². The first-order valence-electron chi connectivity index (χ1n) is 10.6. The number of hydrogen-bond acceptors (Lipinski definition) is 4. The Bertz CT molecular complexity index is 1470. The molecule has 0 radical (unpaired) electrons. The molecule has 6 nitrogen and oxygen atoms in total. The van der Waals surface area contributed by atoms with Crippen LogP contribution in [0.5, 0.6) is 0 Å². The van der Waals surface area contributed by atoms with E-state index < -0.39 is 6.04 Å². The van der Waals surface area contributed by atoms with Crippen LogP contribution >= 0.6 is 22.9 Å². The molecule has 0 fully saturated rings. The summed E-state index contributed by atoms with van der Waals surface area (Å²) < 4.78 is 17.3. The van der Waals surface area contributed by atoms with Gasteiger partial charge in [-0.15, -0.1) is 11.3 Å². The second-order valence-corrected chi connectivity index (χ2v) is 9.52. The normalized spacial score (nSPS) is 12.2. The van der Waals surface area contributed by atoms with E-state index in [4.69, 9.17) is 11.6 Å². The average molecular weight is 494 g/mol. The quantitative estimate of drug-likeness (QED) is 0.339. The molecule has 3 aromatic heterocycles. The minimum Gasteiger partial charge on any atom is -0.337 e. The molecule has 2 aromatic carbocycles. The summed E-state index contributed by atoms with van der Waals surface area (Å²) >= 11 is 7.39. The molecule has 0 spiro atoms. The number of aromatic nitrogens is 4. The van der Waals surface area contributed by atoms with E-state index in [-0.39, 0.29) is 11.7 Å². The van der Waals surface area contributed by atoms with Gasteiger partial charge in [0.15, 0.2) is 0 Å². The molecule has 172 valence electrons. The Labute approximate surface area is 204 Å². The van der Waals surface area contributed by atoms with Crippen LogP contribution in [0.1, 0.15) is 38.4 Å². The Balaban J connectivity index is 1.45. The summed E-state index contributed by atoms with van der Waals surface area (Å²) in [5.74, 6) is 0.0982. The predicted molar refractivity (Wildman–Crippen MR) is 132 cm³/mol. The minimum absolute atomic E-state index is 0.226. The number of rotatable bonds is 6. The highest BCUT2D eigenvalue weighted by molar-refractivity contribution is 7.20. The molecule has 3 heterocycles. The smallest absolute Gasteiger partial charge is 0.262 e. The number of benzene rings is 2. The van der Waals surface area contributed by atoms with Gasteiger partial charge in [0.05, 0.1) is 17.1 Å². The molecule has 0 saturated carbocycles. The minimum atomic E-state index is -0.523. The Kier molecular flexibility index (Phi) is 5.93. The molecule has 1 atom stereocenters. The summed E-state index contributed by atoms with van der Waals surface area (Å²) in [6.45, 7) is 2.51. The van der Waals surface area contributed by atoms with E-state index in [0.717, 1.165) is 27.0 Å². The van der Waals surface area contributed by atoms with Crippen molar-refractivity contribution in [3.63, 3.8) is 0 Å².